The van der Waals surface area contributed by atoms with Crippen molar-refractivity contribution < 1.29 is 4.79 Å². The zero-order chi connectivity index (χ0) is 9.68. The van der Waals surface area contributed by atoms with Crippen molar-refractivity contribution in [3.8, 4) is 11.8 Å². The summed E-state index contributed by atoms with van der Waals surface area (Å²) in [6.07, 6.45) is 0.806. The topological polar surface area (TPSA) is 43.1 Å². The number of hydrogen-bond donors (Lipinski definition) is 1. The Balaban J connectivity index is 2.98. The maximum absolute atomic E-state index is 10.8. The van der Waals surface area contributed by atoms with Gasteiger partial charge in [-0.15, -0.1) is 0 Å². The minimum absolute atomic E-state index is 0.417. The molecule has 0 spiro atoms. The molecule has 0 fully saturated rings. The van der Waals surface area contributed by atoms with Crippen LogP contribution in [0.5, 0.6) is 0 Å². The van der Waals surface area contributed by atoms with Crippen LogP contribution in [0.15, 0.2) is 24.3 Å². The summed E-state index contributed by atoms with van der Waals surface area (Å²) in [5.41, 5.74) is 6.46. The molecule has 0 aliphatic carbocycles. The van der Waals surface area contributed by atoms with Gasteiger partial charge in [0.05, 0.1) is 0 Å². The third kappa shape index (κ3) is 2.64. The summed E-state index contributed by atoms with van der Waals surface area (Å²) in [5.74, 6) is 5.44. The van der Waals surface area contributed by atoms with E-state index >= 15 is 0 Å². The van der Waals surface area contributed by atoms with Gasteiger partial charge in [-0.05, 0) is 18.2 Å². The second-order valence-electron chi connectivity index (χ2n) is 2.60. The molecule has 1 rings (SSSR count). The van der Waals surface area contributed by atoms with Gasteiger partial charge in [-0.25, -0.2) is 0 Å². The van der Waals surface area contributed by atoms with E-state index < -0.39 is 5.91 Å². The number of amides is 1. The standard InChI is InChI=1S/C11H11NO/c1-2-3-5-9-6-4-7-10(8-9)11(12)13/h4,6-8H,2H2,1H3,(H2,12,13). The second kappa shape index (κ2) is 4.32. The molecule has 66 valence electrons. The molecule has 0 aliphatic heterocycles. The lowest BCUT2D eigenvalue weighted by Crippen LogP contribution is -2.10. The van der Waals surface area contributed by atoms with Gasteiger partial charge >= 0.3 is 0 Å². The molecule has 1 aromatic rings. The van der Waals surface area contributed by atoms with Gasteiger partial charge in [0.2, 0.25) is 5.91 Å². The highest BCUT2D eigenvalue weighted by Crippen LogP contribution is 2.02. The SMILES string of the molecule is CCC#Cc1cccc(C(N)=O)c1. The van der Waals surface area contributed by atoms with Crippen LogP contribution in [0.3, 0.4) is 0 Å². The molecule has 1 amide bonds. The minimum Gasteiger partial charge on any atom is -0.366 e. The molecule has 0 radical (unpaired) electrons. The van der Waals surface area contributed by atoms with Gasteiger partial charge in [-0.1, -0.05) is 24.8 Å². The van der Waals surface area contributed by atoms with Crippen molar-refractivity contribution >= 4 is 5.91 Å². The van der Waals surface area contributed by atoms with Crippen LogP contribution in [0.25, 0.3) is 0 Å². The van der Waals surface area contributed by atoms with Crippen LogP contribution in [0.1, 0.15) is 29.3 Å². The van der Waals surface area contributed by atoms with Crippen molar-refractivity contribution in [1.29, 1.82) is 0 Å². The number of nitrogens with two attached hydrogens (primary N) is 1. The molecule has 0 unspecified atom stereocenters. The summed E-state index contributed by atoms with van der Waals surface area (Å²) in [5, 5.41) is 0. The average Bonchev–Trinajstić information content (AvgIpc) is 2.15. The van der Waals surface area contributed by atoms with Gasteiger partial charge in [0.25, 0.3) is 0 Å². The number of rotatable bonds is 1. The molecular weight excluding hydrogens is 162 g/mol. The van der Waals surface area contributed by atoms with E-state index in [-0.39, 0.29) is 0 Å². The zero-order valence-electron chi connectivity index (χ0n) is 7.50. The first kappa shape index (κ1) is 9.34. The molecule has 0 aromatic heterocycles. The molecule has 2 heteroatoms. The van der Waals surface area contributed by atoms with Crippen LogP contribution in [0.2, 0.25) is 0 Å². The van der Waals surface area contributed by atoms with E-state index in [9.17, 15) is 4.79 Å². The lowest BCUT2D eigenvalue weighted by atomic mass is 10.1. The molecule has 0 saturated heterocycles. The summed E-state index contributed by atoms with van der Waals surface area (Å²) in [4.78, 5) is 10.8. The maximum atomic E-state index is 10.8. The first-order valence-corrected chi connectivity index (χ1v) is 4.12. The Morgan fingerprint density at radius 2 is 2.31 bits per heavy atom. The fraction of sp³-hybridized carbons (Fsp3) is 0.182. The van der Waals surface area contributed by atoms with Gasteiger partial charge in [0.15, 0.2) is 0 Å². The van der Waals surface area contributed by atoms with Crippen molar-refractivity contribution in [2.75, 3.05) is 0 Å². The zero-order valence-corrected chi connectivity index (χ0v) is 7.50. The van der Waals surface area contributed by atoms with E-state index in [0.29, 0.717) is 5.56 Å². The van der Waals surface area contributed by atoms with E-state index in [1.54, 1.807) is 18.2 Å². The van der Waals surface area contributed by atoms with Gasteiger partial charge in [0.1, 0.15) is 0 Å². The van der Waals surface area contributed by atoms with Gasteiger partial charge in [-0.2, -0.15) is 0 Å². The summed E-state index contributed by atoms with van der Waals surface area (Å²) in [6, 6.07) is 7.01. The molecule has 1 aromatic carbocycles. The normalized spacial score (nSPS) is 8.69. The predicted molar refractivity (Wildman–Crippen MR) is 52.1 cm³/mol. The molecule has 0 atom stereocenters. The van der Waals surface area contributed by atoms with E-state index in [1.807, 2.05) is 13.0 Å². The monoisotopic (exact) mass is 173 g/mol. The third-order valence-corrected chi connectivity index (χ3v) is 1.56. The highest BCUT2D eigenvalue weighted by atomic mass is 16.1. The third-order valence-electron chi connectivity index (χ3n) is 1.56. The van der Waals surface area contributed by atoms with Crippen molar-refractivity contribution in [2.24, 2.45) is 5.73 Å². The first-order valence-electron chi connectivity index (χ1n) is 4.12. The average molecular weight is 173 g/mol. The molecule has 0 saturated carbocycles. The number of benzene rings is 1. The lowest BCUT2D eigenvalue weighted by molar-refractivity contribution is 0.100. The fourth-order valence-electron chi connectivity index (χ4n) is 0.941. The molecule has 13 heavy (non-hydrogen) atoms. The Bertz CT molecular complexity index is 371. The van der Waals surface area contributed by atoms with Gasteiger partial charge in [-0.3, -0.25) is 4.79 Å². The van der Waals surface area contributed by atoms with Crippen molar-refractivity contribution in [1.82, 2.24) is 0 Å². The van der Waals surface area contributed by atoms with Crippen molar-refractivity contribution in [3.05, 3.63) is 35.4 Å². The van der Waals surface area contributed by atoms with Crippen LogP contribution < -0.4 is 5.73 Å². The van der Waals surface area contributed by atoms with Gasteiger partial charge < -0.3 is 5.73 Å². The smallest absolute Gasteiger partial charge is 0.248 e. The number of hydrogen-bond acceptors (Lipinski definition) is 1. The second-order valence-corrected chi connectivity index (χ2v) is 2.60. The Hall–Kier alpha value is -1.75. The Kier molecular flexibility index (Phi) is 3.10. The highest BCUT2D eigenvalue weighted by Gasteiger charge is 1.98. The largest absolute Gasteiger partial charge is 0.366 e. The lowest BCUT2D eigenvalue weighted by Gasteiger charge is -1.94. The summed E-state index contributed by atoms with van der Waals surface area (Å²) < 4.78 is 0. The van der Waals surface area contributed by atoms with Crippen LogP contribution in [0.4, 0.5) is 0 Å². The number of primary amides is 1. The van der Waals surface area contributed by atoms with E-state index in [1.165, 1.54) is 0 Å². The van der Waals surface area contributed by atoms with E-state index in [0.717, 1.165) is 12.0 Å². The van der Waals surface area contributed by atoms with Crippen molar-refractivity contribution in [2.45, 2.75) is 13.3 Å². The maximum Gasteiger partial charge on any atom is 0.248 e. The van der Waals surface area contributed by atoms with Crippen LogP contribution >= 0.6 is 0 Å². The number of carbonyl (C=O) groups excluding carboxylic acids is 1. The molecule has 0 bridgehead atoms. The molecular formula is C11H11NO. The first-order chi connectivity index (χ1) is 6.24. The summed E-state index contributed by atoms with van der Waals surface area (Å²) >= 11 is 0. The summed E-state index contributed by atoms with van der Waals surface area (Å²) in [7, 11) is 0. The van der Waals surface area contributed by atoms with Crippen LogP contribution in [-0.4, -0.2) is 5.91 Å². The number of carbonyl (C=O) groups is 1. The molecule has 0 aliphatic rings. The molecule has 0 heterocycles. The molecule has 2 nitrogen and oxygen atoms in total. The summed E-state index contributed by atoms with van der Waals surface area (Å²) in [6.45, 7) is 1.98. The van der Waals surface area contributed by atoms with E-state index in [4.69, 9.17) is 5.73 Å². The predicted octanol–water partition coefficient (Wildman–Crippen LogP) is 1.55. The fourth-order valence-corrected chi connectivity index (χ4v) is 0.941. The van der Waals surface area contributed by atoms with Gasteiger partial charge in [0, 0.05) is 17.5 Å². The quantitative estimate of drug-likeness (QED) is 0.643. The van der Waals surface area contributed by atoms with Crippen LogP contribution in [-0.2, 0) is 0 Å². The van der Waals surface area contributed by atoms with E-state index in [2.05, 4.69) is 11.8 Å². The minimum atomic E-state index is -0.417. The molecule has 2 N–H and O–H groups in total. The van der Waals surface area contributed by atoms with Crippen LogP contribution in [0, 0.1) is 11.8 Å². The van der Waals surface area contributed by atoms with Crippen molar-refractivity contribution in [3.63, 3.8) is 0 Å². The highest BCUT2D eigenvalue weighted by molar-refractivity contribution is 5.93. The Morgan fingerprint density at radius 1 is 1.54 bits per heavy atom. The Morgan fingerprint density at radius 3 is 2.92 bits per heavy atom. The Labute approximate surface area is 77.8 Å².